The van der Waals surface area contributed by atoms with Crippen LogP contribution in [0.4, 0.5) is 35.3 Å². The molecule has 2 aromatic carbocycles. The molecule has 0 spiro atoms. The second-order valence-corrected chi connectivity index (χ2v) is 17.3. The zero-order valence-corrected chi connectivity index (χ0v) is 38.7. The van der Waals surface area contributed by atoms with Gasteiger partial charge in [-0.05, 0) is 80.6 Å². The Bertz CT molecular complexity index is 2870. The first kappa shape index (κ1) is 49.7. The number of amides is 7. The lowest BCUT2D eigenvalue weighted by Crippen LogP contribution is -2.49. The SMILES string of the molecule is Cc1ccc(C(=O)NCCOCCOCCC(=O)N2CC/C=C/c3cnc(N)c4c(-c5ccc(C(=O)Nc6cc(C(F)(F)F)ccn6)cc5)nc(n34)[C@@H]3CC[C@H](C3)NC(=O)C2)cc1N1CCC(=O)NC1=O. The molecule has 1 saturated carbocycles. The van der Waals surface area contributed by atoms with Crippen molar-refractivity contribution in [1.29, 1.82) is 0 Å². The first-order valence-electron chi connectivity index (χ1n) is 23.1. The number of imidazole rings is 1. The topological polar surface area (TPSA) is 245 Å². The number of rotatable bonds is 14. The van der Waals surface area contributed by atoms with Crippen LogP contribution in [0.25, 0.3) is 22.9 Å². The number of nitrogens with two attached hydrogens (primary N) is 1. The largest absolute Gasteiger partial charge is 0.416 e. The number of halogens is 3. The Morgan fingerprint density at radius 3 is 2.45 bits per heavy atom. The predicted octanol–water partition coefficient (Wildman–Crippen LogP) is 5.25. The summed E-state index contributed by atoms with van der Waals surface area (Å²) in [7, 11) is 0. The lowest BCUT2D eigenvalue weighted by Gasteiger charge is -2.28. The van der Waals surface area contributed by atoms with Crippen LogP contribution in [-0.2, 0) is 30.0 Å². The molecule has 5 aromatic rings. The fourth-order valence-electron chi connectivity index (χ4n) is 8.76. The highest BCUT2D eigenvalue weighted by molar-refractivity contribution is 6.07. The molecular formula is C49H52F3N11O8. The number of aromatic nitrogens is 4. The molecular weight excluding hydrogens is 928 g/mol. The van der Waals surface area contributed by atoms with E-state index < -0.39 is 23.7 Å². The number of urea groups is 1. The van der Waals surface area contributed by atoms with Crippen LogP contribution in [0.15, 0.2) is 73.1 Å². The maximum absolute atomic E-state index is 13.5. The summed E-state index contributed by atoms with van der Waals surface area (Å²) in [4.78, 5) is 93.1. The van der Waals surface area contributed by atoms with Crippen LogP contribution >= 0.6 is 0 Å². The zero-order valence-electron chi connectivity index (χ0n) is 38.7. The Morgan fingerprint density at radius 1 is 0.901 bits per heavy atom. The van der Waals surface area contributed by atoms with Crippen molar-refractivity contribution in [2.24, 2.45) is 0 Å². The Kier molecular flexibility index (Phi) is 15.3. The summed E-state index contributed by atoms with van der Waals surface area (Å²) in [6.07, 6.45) is 4.35. The molecule has 1 saturated heterocycles. The molecule has 19 nitrogen and oxygen atoms in total. The number of nitrogens with one attached hydrogen (secondary N) is 4. The average molecular weight is 980 g/mol. The second-order valence-electron chi connectivity index (χ2n) is 17.3. The standard InChI is InChI=1S/C49H52F3N11O8/c1-29-5-6-33(25-37(29)62-19-14-39(64)59-48(62)69)46(67)55-17-21-71-23-22-70-20-15-41(66)61-18-3-2-4-36-27-56-44(53)43-42(60-45(63(36)43)32-11-12-35(24-32)57-40(65)28-61)30-7-9-31(10-8-30)47(68)58-38-26-34(13-16-54-38)49(50,51)52/h2,4-10,13,16,25-27,32,35H,3,11-12,14-15,17-24,28H2,1H3,(H2,53,56)(H,55,67)(H,57,65)(H,54,58,68)(H,59,64,69)/b4-2+/t32-,35-/m1/s1. The predicted molar refractivity (Wildman–Crippen MR) is 254 cm³/mol. The Morgan fingerprint density at radius 2 is 1.68 bits per heavy atom. The van der Waals surface area contributed by atoms with E-state index in [2.05, 4.69) is 31.2 Å². The molecule has 5 heterocycles. The van der Waals surface area contributed by atoms with Gasteiger partial charge in [0.25, 0.3) is 11.8 Å². The fraction of sp³-hybridized carbons (Fsp3) is 0.367. The quantitative estimate of drug-likeness (QED) is 0.0897. The number of hydrogen-bond acceptors (Lipinski definition) is 12. The van der Waals surface area contributed by atoms with Crippen LogP contribution in [0.1, 0.15) is 87.8 Å². The van der Waals surface area contributed by atoms with Crippen molar-refractivity contribution in [3.8, 4) is 11.3 Å². The molecule has 3 aromatic heterocycles. The van der Waals surface area contributed by atoms with Gasteiger partial charge in [-0.2, -0.15) is 13.2 Å². The third-order valence-electron chi connectivity index (χ3n) is 12.4. The maximum Gasteiger partial charge on any atom is 0.416 e. The minimum absolute atomic E-state index is 0.0366. The highest BCUT2D eigenvalue weighted by atomic mass is 19.4. The first-order valence-corrected chi connectivity index (χ1v) is 23.1. The van der Waals surface area contributed by atoms with Crippen LogP contribution < -0.4 is 31.9 Å². The number of nitrogen functional groups attached to an aromatic ring is 1. The number of carbonyl (C=O) groups excluding carboxylic acids is 6. The van der Waals surface area contributed by atoms with Crippen molar-refractivity contribution < 1.29 is 51.4 Å². The molecule has 0 radical (unpaired) electrons. The number of pyridine rings is 1. The summed E-state index contributed by atoms with van der Waals surface area (Å²) < 4.78 is 53.0. The lowest BCUT2D eigenvalue weighted by molar-refractivity contribution is -0.137. The number of imide groups is 1. The van der Waals surface area contributed by atoms with E-state index in [0.29, 0.717) is 59.4 Å². The smallest absolute Gasteiger partial charge is 0.382 e. The van der Waals surface area contributed by atoms with E-state index in [9.17, 15) is 41.9 Å². The second kappa shape index (κ2) is 21.9. The molecule has 0 unspecified atom stereocenters. The minimum Gasteiger partial charge on any atom is -0.382 e. The molecule has 1 aliphatic carbocycles. The van der Waals surface area contributed by atoms with E-state index >= 15 is 0 Å². The number of nitrogens with zero attached hydrogens (tertiary/aromatic N) is 6. The number of anilines is 3. The molecule has 8 rings (SSSR count). The Labute approximate surface area is 405 Å². The third kappa shape index (κ3) is 12.0. The van der Waals surface area contributed by atoms with Crippen molar-refractivity contribution in [3.63, 3.8) is 0 Å². The van der Waals surface area contributed by atoms with Gasteiger partial charge in [-0.3, -0.25) is 38.6 Å². The highest BCUT2D eigenvalue weighted by Gasteiger charge is 2.34. The van der Waals surface area contributed by atoms with Crippen molar-refractivity contribution in [2.75, 3.05) is 68.6 Å². The summed E-state index contributed by atoms with van der Waals surface area (Å²) in [5, 5.41) is 10.6. The molecule has 2 atom stereocenters. The van der Waals surface area contributed by atoms with Gasteiger partial charge in [0.1, 0.15) is 28.7 Å². The molecule has 7 amide bonds. The van der Waals surface area contributed by atoms with Crippen molar-refractivity contribution in [2.45, 2.75) is 63.6 Å². The van der Waals surface area contributed by atoms with Gasteiger partial charge >= 0.3 is 12.2 Å². The van der Waals surface area contributed by atoms with Gasteiger partial charge in [-0.25, -0.2) is 19.7 Å². The molecule has 3 aliphatic rings. The van der Waals surface area contributed by atoms with Gasteiger partial charge in [0.15, 0.2) is 0 Å². The molecule has 6 N–H and O–H groups in total. The monoisotopic (exact) mass is 979 g/mol. The molecule has 2 aliphatic heterocycles. The first-order chi connectivity index (χ1) is 34.1. The van der Waals surface area contributed by atoms with Crippen LogP contribution in [-0.4, -0.2) is 118 Å². The number of alkyl halides is 3. The molecule has 372 valence electrons. The number of benzene rings is 2. The molecule has 2 bridgehead atoms. The summed E-state index contributed by atoms with van der Waals surface area (Å²) in [5.74, 6) is -1.26. The van der Waals surface area contributed by atoms with E-state index in [1.165, 1.54) is 21.9 Å². The molecule has 2 fully saturated rings. The number of fused-ring (bicyclic) bond motifs is 3. The van der Waals surface area contributed by atoms with Gasteiger partial charge in [0.2, 0.25) is 17.7 Å². The number of hydrogen-bond donors (Lipinski definition) is 5. The normalized spacial score (nSPS) is 17.9. The van der Waals surface area contributed by atoms with Gasteiger partial charge < -0.3 is 36.1 Å². The van der Waals surface area contributed by atoms with Crippen molar-refractivity contribution >= 4 is 64.5 Å². The van der Waals surface area contributed by atoms with E-state index in [1.54, 1.807) is 36.5 Å². The zero-order chi connectivity index (χ0) is 50.2. The molecule has 22 heteroatoms. The summed E-state index contributed by atoms with van der Waals surface area (Å²) >= 11 is 0. The van der Waals surface area contributed by atoms with E-state index in [4.69, 9.17) is 20.2 Å². The van der Waals surface area contributed by atoms with Crippen LogP contribution in [0.5, 0.6) is 0 Å². The van der Waals surface area contributed by atoms with Crippen LogP contribution in [0.3, 0.4) is 0 Å². The Hall–Kier alpha value is -7.72. The van der Waals surface area contributed by atoms with E-state index in [1.807, 2.05) is 23.5 Å². The third-order valence-corrected chi connectivity index (χ3v) is 12.4. The number of ether oxygens (including phenoxy) is 2. The average Bonchev–Trinajstić information content (AvgIpc) is 3.98. The number of aryl methyl sites for hydroxylation is 1. The molecule has 71 heavy (non-hydrogen) atoms. The van der Waals surface area contributed by atoms with Crippen LogP contribution in [0.2, 0.25) is 0 Å². The summed E-state index contributed by atoms with van der Waals surface area (Å²) in [5.41, 5.74) is 9.83. The maximum atomic E-state index is 13.5. The Balaban J connectivity index is 0.842. The van der Waals surface area contributed by atoms with Crippen molar-refractivity contribution in [3.05, 3.63) is 107 Å². The minimum atomic E-state index is -4.60. The van der Waals surface area contributed by atoms with Gasteiger partial charge in [-0.1, -0.05) is 24.3 Å². The van der Waals surface area contributed by atoms with Gasteiger partial charge in [0, 0.05) is 66.6 Å². The van der Waals surface area contributed by atoms with Crippen molar-refractivity contribution in [1.82, 2.24) is 40.2 Å². The van der Waals surface area contributed by atoms with Crippen LogP contribution in [0, 0.1) is 6.92 Å². The number of carbonyl (C=O) groups is 6. The van der Waals surface area contributed by atoms with Gasteiger partial charge in [-0.15, -0.1) is 0 Å². The summed E-state index contributed by atoms with van der Waals surface area (Å²) in [6, 6.07) is 12.3. The highest BCUT2D eigenvalue weighted by Crippen LogP contribution is 2.39. The van der Waals surface area contributed by atoms with Gasteiger partial charge in [0.05, 0.1) is 56.8 Å². The fourth-order valence-corrected chi connectivity index (χ4v) is 8.76. The van der Waals surface area contributed by atoms with E-state index in [0.717, 1.165) is 29.7 Å². The lowest BCUT2D eigenvalue weighted by atomic mass is 10.1. The summed E-state index contributed by atoms with van der Waals surface area (Å²) in [6.45, 7) is 3.09. The van der Waals surface area contributed by atoms with E-state index in [-0.39, 0.29) is 118 Å².